The number of aryl methyl sites for hydroxylation is 1. The highest BCUT2D eigenvalue weighted by Crippen LogP contribution is 2.34. The van der Waals surface area contributed by atoms with Crippen LogP contribution < -0.4 is 10.2 Å². The molecule has 2 aromatic rings. The summed E-state index contributed by atoms with van der Waals surface area (Å²) in [4.78, 5) is 33.5. The maximum atomic E-state index is 12.8. The molecule has 1 aromatic carbocycles. The Morgan fingerprint density at radius 1 is 1.03 bits per heavy atom. The summed E-state index contributed by atoms with van der Waals surface area (Å²) in [6, 6.07) is 8.56. The molecular weight excluding hydrogens is 442 g/mol. The zero-order valence-electron chi connectivity index (χ0n) is 21.2. The minimum atomic E-state index is -0.564. The molecule has 0 bridgehead atoms. The van der Waals surface area contributed by atoms with E-state index >= 15 is 0 Å². The topological polar surface area (TPSA) is 91.6 Å². The van der Waals surface area contributed by atoms with Crippen LogP contribution in [0.25, 0.3) is 0 Å². The summed E-state index contributed by atoms with van der Waals surface area (Å²) in [6.45, 7) is 4.35. The molecule has 0 spiro atoms. The van der Waals surface area contributed by atoms with Gasteiger partial charge in [-0.15, -0.1) is 0 Å². The Morgan fingerprint density at radius 3 is 2.34 bits per heavy atom. The van der Waals surface area contributed by atoms with Crippen LogP contribution in [-0.2, 0) is 28.1 Å². The lowest BCUT2D eigenvalue weighted by Gasteiger charge is -2.30. The number of carbonyl (C=O) groups excluding carboxylic acids is 2. The lowest BCUT2D eigenvalue weighted by atomic mass is 9.89. The predicted octanol–water partition coefficient (Wildman–Crippen LogP) is 4.34. The van der Waals surface area contributed by atoms with Crippen molar-refractivity contribution in [3.63, 3.8) is 0 Å². The highest BCUT2D eigenvalue weighted by atomic mass is 16.5. The molecule has 1 aromatic heterocycles. The Hall–Kier alpha value is -2.90. The van der Waals surface area contributed by atoms with E-state index in [2.05, 4.69) is 44.6 Å². The van der Waals surface area contributed by atoms with Gasteiger partial charge in [0.1, 0.15) is 5.54 Å². The van der Waals surface area contributed by atoms with E-state index in [1.54, 1.807) is 4.90 Å². The maximum absolute atomic E-state index is 12.8. The Labute approximate surface area is 208 Å². The molecule has 0 atom stereocenters. The Morgan fingerprint density at radius 2 is 1.69 bits per heavy atom. The molecule has 1 aliphatic carbocycles. The number of carbonyl (C=O) groups is 2. The highest BCUT2D eigenvalue weighted by molar-refractivity contribution is 5.76. The van der Waals surface area contributed by atoms with Gasteiger partial charge in [-0.3, -0.25) is 9.59 Å². The number of hydrogen-bond acceptors (Lipinski definition) is 6. The van der Waals surface area contributed by atoms with Crippen molar-refractivity contribution in [2.24, 2.45) is 0 Å². The number of hydrogen-bond donors (Lipinski definition) is 1. The van der Waals surface area contributed by atoms with Crippen LogP contribution in [0.4, 0.5) is 5.69 Å². The molecule has 2 heterocycles. The molecule has 0 unspecified atom stereocenters. The number of nitrogens with one attached hydrogen (secondary N) is 1. The van der Waals surface area contributed by atoms with Crippen LogP contribution in [0.5, 0.6) is 0 Å². The van der Waals surface area contributed by atoms with Crippen molar-refractivity contribution in [1.82, 2.24) is 20.4 Å². The molecule has 1 N–H and O–H groups in total. The average molecular weight is 482 g/mol. The fourth-order valence-corrected chi connectivity index (χ4v) is 5.36. The maximum Gasteiger partial charge on any atom is 0.227 e. The van der Waals surface area contributed by atoms with Gasteiger partial charge >= 0.3 is 0 Å². The second-order valence-electron chi connectivity index (χ2n) is 10.2. The quantitative estimate of drug-likeness (QED) is 0.564. The van der Waals surface area contributed by atoms with Gasteiger partial charge in [0.25, 0.3) is 0 Å². The SMILES string of the molecule is CC(=O)NC1(c2noc(CCC(=O)N(C)Cc3ccc(N4CCCCC4)cc3)n2)CCCCCC1. The van der Waals surface area contributed by atoms with Crippen molar-refractivity contribution in [2.75, 3.05) is 25.0 Å². The Balaban J connectivity index is 1.30. The molecule has 1 saturated carbocycles. The van der Waals surface area contributed by atoms with Crippen molar-refractivity contribution in [3.8, 4) is 0 Å². The van der Waals surface area contributed by atoms with Crippen LogP contribution in [0.15, 0.2) is 28.8 Å². The van der Waals surface area contributed by atoms with Gasteiger partial charge in [-0.25, -0.2) is 0 Å². The summed E-state index contributed by atoms with van der Waals surface area (Å²) >= 11 is 0. The predicted molar refractivity (Wildman–Crippen MR) is 135 cm³/mol. The Kier molecular flexibility index (Phi) is 8.42. The molecule has 1 saturated heterocycles. The Bertz CT molecular complexity index is 973. The van der Waals surface area contributed by atoms with Crippen LogP contribution in [0.2, 0.25) is 0 Å². The van der Waals surface area contributed by atoms with E-state index < -0.39 is 5.54 Å². The normalized spacial score (nSPS) is 18.1. The van der Waals surface area contributed by atoms with Gasteiger partial charge in [-0.05, 0) is 49.8 Å². The fraction of sp³-hybridized carbons (Fsp3) is 0.630. The minimum Gasteiger partial charge on any atom is -0.372 e. The summed E-state index contributed by atoms with van der Waals surface area (Å²) in [5, 5.41) is 7.31. The molecule has 35 heavy (non-hydrogen) atoms. The number of piperidine rings is 1. The van der Waals surface area contributed by atoms with Crippen molar-refractivity contribution in [3.05, 3.63) is 41.5 Å². The molecule has 2 aliphatic rings. The minimum absolute atomic E-state index is 0.0379. The number of aromatic nitrogens is 2. The molecular formula is C27H39N5O3. The van der Waals surface area contributed by atoms with Crippen LogP contribution >= 0.6 is 0 Å². The first-order valence-corrected chi connectivity index (χ1v) is 13.1. The van der Waals surface area contributed by atoms with E-state index in [1.807, 2.05) is 7.05 Å². The van der Waals surface area contributed by atoms with Gasteiger partial charge in [-0.1, -0.05) is 43.0 Å². The van der Waals surface area contributed by atoms with E-state index in [9.17, 15) is 9.59 Å². The van der Waals surface area contributed by atoms with Crippen molar-refractivity contribution < 1.29 is 14.1 Å². The smallest absolute Gasteiger partial charge is 0.227 e. The summed E-state index contributed by atoms with van der Waals surface area (Å²) in [7, 11) is 1.83. The summed E-state index contributed by atoms with van der Waals surface area (Å²) in [5.74, 6) is 0.940. The number of nitrogens with zero attached hydrogens (tertiary/aromatic N) is 4. The third-order valence-electron chi connectivity index (χ3n) is 7.32. The largest absolute Gasteiger partial charge is 0.372 e. The van der Waals surface area contributed by atoms with Crippen molar-refractivity contribution >= 4 is 17.5 Å². The van der Waals surface area contributed by atoms with Gasteiger partial charge in [-0.2, -0.15) is 4.98 Å². The van der Waals surface area contributed by atoms with Crippen molar-refractivity contribution in [1.29, 1.82) is 0 Å². The third kappa shape index (κ3) is 6.61. The number of amides is 2. The van der Waals surface area contributed by atoms with Crippen LogP contribution in [-0.4, -0.2) is 47.0 Å². The number of rotatable bonds is 8. The molecule has 8 nitrogen and oxygen atoms in total. The second-order valence-corrected chi connectivity index (χ2v) is 10.2. The first-order valence-electron chi connectivity index (χ1n) is 13.1. The average Bonchev–Trinajstić information content (AvgIpc) is 3.23. The highest BCUT2D eigenvalue weighted by Gasteiger charge is 2.38. The fourth-order valence-electron chi connectivity index (χ4n) is 5.36. The van der Waals surface area contributed by atoms with Crippen LogP contribution in [0.1, 0.15) is 88.4 Å². The summed E-state index contributed by atoms with van der Waals surface area (Å²) in [6.07, 6.45) is 10.5. The molecule has 1 aliphatic heterocycles. The van der Waals surface area contributed by atoms with Gasteiger partial charge in [0, 0.05) is 52.1 Å². The summed E-state index contributed by atoms with van der Waals surface area (Å²) in [5.41, 5.74) is 1.82. The lowest BCUT2D eigenvalue weighted by molar-refractivity contribution is -0.130. The van der Waals surface area contributed by atoms with E-state index in [4.69, 9.17) is 4.52 Å². The molecule has 2 amide bonds. The molecule has 0 radical (unpaired) electrons. The summed E-state index contributed by atoms with van der Waals surface area (Å²) < 4.78 is 5.50. The number of anilines is 1. The van der Waals surface area contributed by atoms with E-state index in [0.29, 0.717) is 31.1 Å². The third-order valence-corrected chi connectivity index (χ3v) is 7.32. The molecule has 190 valence electrons. The first-order chi connectivity index (χ1) is 16.9. The molecule has 2 fully saturated rings. The van der Waals surface area contributed by atoms with Gasteiger partial charge < -0.3 is 19.6 Å². The van der Waals surface area contributed by atoms with Crippen LogP contribution in [0, 0.1) is 0 Å². The standard InChI is InChI=1S/C27H39N5O3/c1-21(33)29-27(16-6-3-4-7-17-27)26-28-24(35-30-26)14-15-25(34)31(2)20-22-10-12-23(13-11-22)32-18-8-5-9-19-32/h10-13H,3-9,14-20H2,1-2H3,(H,29,33). The zero-order valence-corrected chi connectivity index (χ0v) is 21.2. The van der Waals surface area contributed by atoms with Gasteiger partial charge in [0.15, 0.2) is 5.82 Å². The first kappa shape index (κ1) is 25.2. The molecule has 4 rings (SSSR count). The van der Waals surface area contributed by atoms with Crippen molar-refractivity contribution in [2.45, 2.75) is 89.6 Å². The van der Waals surface area contributed by atoms with Gasteiger partial charge in [0.2, 0.25) is 17.7 Å². The van der Waals surface area contributed by atoms with E-state index in [-0.39, 0.29) is 11.8 Å². The van der Waals surface area contributed by atoms with Gasteiger partial charge in [0.05, 0.1) is 0 Å². The van der Waals surface area contributed by atoms with E-state index in [1.165, 1.54) is 31.9 Å². The lowest BCUT2D eigenvalue weighted by Crippen LogP contribution is -2.45. The number of benzene rings is 1. The van der Waals surface area contributed by atoms with Crippen LogP contribution in [0.3, 0.4) is 0 Å². The van der Waals surface area contributed by atoms with E-state index in [0.717, 1.165) is 57.2 Å². The monoisotopic (exact) mass is 481 g/mol. The molecule has 8 heteroatoms. The second kappa shape index (κ2) is 11.7. The zero-order chi connectivity index (χ0) is 24.7.